The fourth-order valence-electron chi connectivity index (χ4n) is 1.79. The van der Waals surface area contributed by atoms with Crippen molar-refractivity contribution in [3.8, 4) is 5.69 Å². The van der Waals surface area contributed by atoms with Gasteiger partial charge in [0.1, 0.15) is 0 Å². The molecule has 0 atom stereocenters. The number of nitrogens with one attached hydrogen (secondary N) is 1. The van der Waals surface area contributed by atoms with Crippen molar-refractivity contribution in [3.63, 3.8) is 0 Å². The van der Waals surface area contributed by atoms with E-state index in [0.29, 0.717) is 6.54 Å². The Balaban J connectivity index is 1.59. The van der Waals surface area contributed by atoms with Gasteiger partial charge in [-0.1, -0.05) is 18.2 Å². The topological polar surface area (TPSA) is 55.9 Å². The molecule has 0 amide bonds. The van der Waals surface area contributed by atoms with Gasteiger partial charge in [-0.25, -0.2) is 0 Å². The van der Waals surface area contributed by atoms with Gasteiger partial charge in [0.05, 0.1) is 30.1 Å². The molecule has 19 heavy (non-hydrogen) atoms. The lowest BCUT2D eigenvalue weighted by Gasteiger charge is -1.99. The number of furan rings is 1. The lowest BCUT2D eigenvalue weighted by atomic mass is 10.3. The molecule has 0 aliphatic rings. The summed E-state index contributed by atoms with van der Waals surface area (Å²) in [5.41, 5.74) is 2.99. The fourth-order valence-corrected chi connectivity index (χ4v) is 1.79. The highest BCUT2D eigenvalue weighted by molar-refractivity contribution is 5.28. The molecule has 0 aliphatic carbocycles. The Morgan fingerprint density at radius 3 is 2.79 bits per heavy atom. The van der Waals surface area contributed by atoms with E-state index < -0.39 is 0 Å². The number of nitrogens with zero attached hydrogens (tertiary/aromatic N) is 3. The monoisotopic (exact) mass is 254 g/mol. The highest BCUT2D eigenvalue weighted by Gasteiger charge is 2.02. The molecule has 5 nitrogen and oxygen atoms in total. The molecule has 0 saturated carbocycles. The van der Waals surface area contributed by atoms with E-state index in [1.807, 2.05) is 36.4 Å². The van der Waals surface area contributed by atoms with Crippen molar-refractivity contribution in [2.24, 2.45) is 0 Å². The molecule has 0 bridgehead atoms. The Morgan fingerprint density at radius 1 is 1.11 bits per heavy atom. The van der Waals surface area contributed by atoms with Crippen molar-refractivity contribution in [2.45, 2.75) is 13.1 Å². The third kappa shape index (κ3) is 2.89. The first kappa shape index (κ1) is 11.7. The van der Waals surface area contributed by atoms with E-state index in [9.17, 15) is 0 Å². The molecule has 0 aliphatic heterocycles. The summed E-state index contributed by atoms with van der Waals surface area (Å²) in [6, 6.07) is 11.8. The summed E-state index contributed by atoms with van der Waals surface area (Å²) in [5.74, 6) is 0. The second kappa shape index (κ2) is 5.49. The molecule has 1 aromatic carbocycles. The van der Waals surface area contributed by atoms with Crippen LogP contribution in [0.5, 0.6) is 0 Å². The minimum Gasteiger partial charge on any atom is -0.472 e. The highest BCUT2D eigenvalue weighted by Crippen LogP contribution is 2.04. The number of hydrogen-bond donors (Lipinski definition) is 1. The third-order valence-corrected chi connectivity index (χ3v) is 2.74. The molecule has 5 heteroatoms. The number of rotatable bonds is 5. The molecule has 1 N–H and O–H groups in total. The maximum atomic E-state index is 5.01. The predicted octanol–water partition coefficient (Wildman–Crippen LogP) is 2.15. The normalized spacial score (nSPS) is 10.7. The molecular weight excluding hydrogens is 240 g/mol. The van der Waals surface area contributed by atoms with Crippen LogP contribution in [0.15, 0.2) is 59.5 Å². The Kier molecular flexibility index (Phi) is 3.38. The van der Waals surface area contributed by atoms with Gasteiger partial charge in [0.25, 0.3) is 0 Å². The second-order valence-corrected chi connectivity index (χ2v) is 4.20. The van der Waals surface area contributed by atoms with Crippen LogP contribution in [0.2, 0.25) is 0 Å². The summed E-state index contributed by atoms with van der Waals surface area (Å²) >= 11 is 0. The number of aromatic nitrogens is 3. The molecule has 0 unspecified atom stereocenters. The Labute approximate surface area is 110 Å². The maximum Gasteiger partial charge on any atom is 0.0969 e. The predicted molar refractivity (Wildman–Crippen MR) is 70.6 cm³/mol. The van der Waals surface area contributed by atoms with E-state index >= 15 is 0 Å². The quantitative estimate of drug-likeness (QED) is 0.758. The van der Waals surface area contributed by atoms with Crippen LogP contribution in [0.4, 0.5) is 0 Å². The lowest BCUT2D eigenvalue weighted by Crippen LogP contribution is -2.12. The van der Waals surface area contributed by atoms with Crippen LogP contribution in [-0.2, 0) is 13.1 Å². The minimum atomic E-state index is 0.679. The molecule has 0 fully saturated rings. The van der Waals surface area contributed by atoms with Gasteiger partial charge >= 0.3 is 0 Å². The molecule has 0 saturated heterocycles. The van der Waals surface area contributed by atoms with Crippen LogP contribution >= 0.6 is 0 Å². The molecule has 0 spiro atoms. The first-order valence-corrected chi connectivity index (χ1v) is 6.10. The second-order valence-electron chi connectivity index (χ2n) is 4.20. The number of para-hydroxylation sites is 1. The van der Waals surface area contributed by atoms with Crippen LogP contribution in [0, 0.1) is 0 Å². The van der Waals surface area contributed by atoms with Crippen molar-refractivity contribution in [2.75, 3.05) is 0 Å². The van der Waals surface area contributed by atoms with E-state index in [1.54, 1.807) is 23.5 Å². The van der Waals surface area contributed by atoms with Crippen LogP contribution in [-0.4, -0.2) is 15.0 Å². The molecule has 3 aromatic rings. The fraction of sp³-hybridized carbons (Fsp3) is 0.143. The first-order chi connectivity index (χ1) is 9.42. The third-order valence-electron chi connectivity index (χ3n) is 2.74. The van der Waals surface area contributed by atoms with Gasteiger partial charge in [-0.05, 0) is 18.2 Å². The average molecular weight is 254 g/mol. The molecular formula is C14H14N4O. The molecule has 2 heterocycles. The summed E-state index contributed by atoms with van der Waals surface area (Å²) in [5, 5.41) is 12.0. The Hall–Kier alpha value is -2.40. The number of benzene rings is 1. The van der Waals surface area contributed by atoms with Crippen molar-refractivity contribution in [3.05, 3.63) is 66.4 Å². The van der Waals surface area contributed by atoms with Gasteiger partial charge in [0.15, 0.2) is 0 Å². The van der Waals surface area contributed by atoms with E-state index in [4.69, 9.17) is 4.42 Å². The van der Waals surface area contributed by atoms with E-state index in [2.05, 4.69) is 15.5 Å². The standard InChI is InChI=1S/C14H14N4O/c1-2-4-14(5-3-1)18-16-10-13(17-18)9-15-8-12-6-7-19-11-12/h1-7,10-11,15H,8-9H2. The Morgan fingerprint density at radius 2 is 2.00 bits per heavy atom. The molecule has 3 rings (SSSR count). The summed E-state index contributed by atoms with van der Waals surface area (Å²) in [6.07, 6.45) is 5.17. The lowest BCUT2D eigenvalue weighted by molar-refractivity contribution is 0.559. The average Bonchev–Trinajstić information content (AvgIpc) is 3.11. The smallest absolute Gasteiger partial charge is 0.0969 e. The van der Waals surface area contributed by atoms with Crippen molar-refractivity contribution in [1.82, 2.24) is 20.3 Å². The Bertz CT molecular complexity index is 616. The zero-order chi connectivity index (χ0) is 12.9. The van der Waals surface area contributed by atoms with Crippen LogP contribution in [0.1, 0.15) is 11.3 Å². The summed E-state index contributed by atoms with van der Waals surface area (Å²) < 4.78 is 5.01. The zero-order valence-corrected chi connectivity index (χ0v) is 10.4. The zero-order valence-electron chi connectivity index (χ0n) is 10.4. The first-order valence-electron chi connectivity index (χ1n) is 6.10. The number of hydrogen-bond acceptors (Lipinski definition) is 4. The van der Waals surface area contributed by atoms with Crippen LogP contribution in [0.3, 0.4) is 0 Å². The van der Waals surface area contributed by atoms with Gasteiger partial charge in [0.2, 0.25) is 0 Å². The van der Waals surface area contributed by atoms with Crippen LogP contribution < -0.4 is 5.32 Å². The summed E-state index contributed by atoms with van der Waals surface area (Å²) in [6.45, 7) is 1.44. The minimum absolute atomic E-state index is 0.679. The van der Waals surface area contributed by atoms with Gasteiger partial charge < -0.3 is 9.73 Å². The van der Waals surface area contributed by atoms with E-state index in [0.717, 1.165) is 23.5 Å². The SMILES string of the molecule is c1ccc(-n2ncc(CNCc3ccoc3)n2)cc1. The molecule has 0 radical (unpaired) electrons. The molecule has 2 aromatic heterocycles. The van der Waals surface area contributed by atoms with E-state index in [1.165, 1.54) is 0 Å². The summed E-state index contributed by atoms with van der Waals surface area (Å²) in [7, 11) is 0. The van der Waals surface area contributed by atoms with E-state index in [-0.39, 0.29) is 0 Å². The maximum absolute atomic E-state index is 5.01. The van der Waals surface area contributed by atoms with Crippen molar-refractivity contribution >= 4 is 0 Å². The van der Waals surface area contributed by atoms with Gasteiger partial charge in [-0.2, -0.15) is 15.0 Å². The molecule has 96 valence electrons. The van der Waals surface area contributed by atoms with Gasteiger partial charge in [-0.15, -0.1) is 0 Å². The van der Waals surface area contributed by atoms with Gasteiger partial charge in [0, 0.05) is 18.7 Å². The van der Waals surface area contributed by atoms with Crippen LogP contribution in [0.25, 0.3) is 5.69 Å². The highest BCUT2D eigenvalue weighted by atomic mass is 16.3. The van der Waals surface area contributed by atoms with Gasteiger partial charge in [-0.3, -0.25) is 0 Å². The van der Waals surface area contributed by atoms with Crippen molar-refractivity contribution < 1.29 is 4.42 Å². The largest absolute Gasteiger partial charge is 0.472 e. The van der Waals surface area contributed by atoms with Crippen molar-refractivity contribution in [1.29, 1.82) is 0 Å². The summed E-state index contributed by atoms with van der Waals surface area (Å²) in [4.78, 5) is 1.63.